The Morgan fingerprint density at radius 1 is 1.10 bits per heavy atom. The molecule has 4 heterocycles. The monoisotopic (exact) mass is 405 g/mol. The second-order valence-electron chi connectivity index (χ2n) is 9.06. The highest BCUT2D eigenvalue weighted by Gasteiger charge is 2.31. The summed E-state index contributed by atoms with van der Waals surface area (Å²) >= 11 is 0. The molecule has 2 aliphatic rings. The van der Waals surface area contributed by atoms with E-state index < -0.39 is 0 Å². The van der Waals surface area contributed by atoms with Crippen molar-refractivity contribution in [3.8, 4) is 11.3 Å². The Hall–Kier alpha value is -2.21. The molecule has 2 fully saturated rings. The largest absolute Gasteiger partial charge is 0.378 e. The number of benzene rings is 1. The lowest BCUT2D eigenvalue weighted by Gasteiger charge is -2.42. The number of nitrogens with zero attached hydrogens (tertiary/aromatic N) is 2. The highest BCUT2D eigenvalue weighted by atomic mass is 16.5. The molecule has 0 spiro atoms. The van der Waals surface area contributed by atoms with E-state index in [0.29, 0.717) is 12.0 Å². The molecule has 0 aliphatic carbocycles. The molecule has 1 atom stereocenters. The maximum absolute atomic E-state index is 6.18. The van der Waals surface area contributed by atoms with E-state index in [0.717, 1.165) is 44.3 Å². The standard InChI is InChI=1S/C25H31N3O2/c1-15(2)24-21-11-18(23-12-28(7-8-30-23)20-13-29-14-20)5-6-22(21)27-25(24)19-9-16(3)26-17(4)10-19/h5-6,9-11,15,20,23,27H,7-8,12-14H2,1-4H3. The van der Waals surface area contributed by atoms with Crippen LogP contribution in [-0.4, -0.2) is 53.8 Å². The van der Waals surface area contributed by atoms with Crippen molar-refractivity contribution in [1.29, 1.82) is 0 Å². The number of H-pyrrole nitrogens is 1. The van der Waals surface area contributed by atoms with Crippen molar-refractivity contribution in [2.75, 3.05) is 32.9 Å². The van der Waals surface area contributed by atoms with E-state index >= 15 is 0 Å². The second kappa shape index (κ2) is 7.80. The van der Waals surface area contributed by atoms with E-state index in [1.165, 1.54) is 33.3 Å². The van der Waals surface area contributed by atoms with E-state index in [2.05, 4.69) is 72.9 Å². The number of aryl methyl sites for hydroxylation is 2. The fourth-order valence-electron chi connectivity index (χ4n) is 4.87. The van der Waals surface area contributed by atoms with Gasteiger partial charge in [-0.1, -0.05) is 19.9 Å². The summed E-state index contributed by atoms with van der Waals surface area (Å²) in [7, 11) is 0. The van der Waals surface area contributed by atoms with Crippen molar-refractivity contribution >= 4 is 10.9 Å². The van der Waals surface area contributed by atoms with Gasteiger partial charge in [-0.05, 0) is 55.2 Å². The minimum atomic E-state index is 0.118. The Morgan fingerprint density at radius 3 is 2.53 bits per heavy atom. The third-order valence-corrected chi connectivity index (χ3v) is 6.42. The van der Waals surface area contributed by atoms with Crippen LogP contribution in [-0.2, 0) is 9.47 Å². The maximum Gasteiger partial charge on any atom is 0.0952 e. The first-order chi connectivity index (χ1) is 14.5. The summed E-state index contributed by atoms with van der Waals surface area (Å²) in [4.78, 5) is 10.8. The zero-order chi connectivity index (χ0) is 20.8. The van der Waals surface area contributed by atoms with Crippen LogP contribution in [0.4, 0.5) is 0 Å². The van der Waals surface area contributed by atoms with E-state index in [-0.39, 0.29) is 6.10 Å². The van der Waals surface area contributed by atoms with Crippen LogP contribution in [0.15, 0.2) is 30.3 Å². The smallest absolute Gasteiger partial charge is 0.0952 e. The van der Waals surface area contributed by atoms with Crippen molar-refractivity contribution in [3.63, 3.8) is 0 Å². The maximum atomic E-state index is 6.18. The minimum Gasteiger partial charge on any atom is -0.378 e. The van der Waals surface area contributed by atoms with Crippen molar-refractivity contribution in [1.82, 2.24) is 14.9 Å². The first-order valence-electron chi connectivity index (χ1n) is 11.0. The molecule has 158 valence electrons. The van der Waals surface area contributed by atoms with E-state index in [1.807, 2.05) is 0 Å². The van der Waals surface area contributed by atoms with E-state index in [9.17, 15) is 0 Å². The first kappa shape index (κ1) is 19.7. The molecule has 0 saturated carbocycles. The van der Waals surface area contributed by atoms with Crippen LogP contribution < -0.4 is 0 Å². The predicted octanol–water partition coefficient (Wildman–Crippen LogP) is 4.74. The molecule has 3 aromatic rings. The van der Waals surface area contributed by atoms with Gasteiger partial charge in [0.15, 0.2) is 0 Å². The third-order valence-electron chi connectivity index (χ3n) is 6.42. The predicted molar refractivity (Wildman–Crippen MR) is 120 cm³/mol. The van der Waals surface area contributed by atoms with Crippen LogP contribution in [0.1, 0.15) is 48.4 Å². The van der Waals surface area contributed by atoms with Gasteiger partial charge in [-0.3, -0.25) is 9.88 Å². The van der Waals surface area contributed by atoms with Crippen LogP contribution in [0, 0.1) is 13.8 Å². The van der Waals surface area contributed by atoms with E-state index in [1.54, 1.807) is 0 Å². The number of hydrogen-bond donors (Lipinski definition) is 1. The van der Waals surface area contributed by atoms with Gasteiger partial charge in [0.05, 0.1) is 37.7 Å². The molecule has 0 amide bonds. The molecule has 0 radical (unpaired) electrons. The van der Waals surface area contributed by atoms with Crippen LogP contribution in [0.3, 0.4) is 0 Å². The number of rotatable bonds is 4. The summed E-state index contributed by atoms with van der Waals surface area (Å²) in [6, 6.07) is 11.7. The van der Waals surface area contributed by atoms with Crippen molar-refractivity contribution in [3.05, 3.63) is 52.8 Å². The summed E-state index contributed by atoms with van der Waals surface area (Å²) < 4.78 is 11.6. The van der Waals surface area contributed by atoms with E-state index in [4.69, 9.17) is 9.47 Å². The van der Waals surface area contributed by atoms with Gasteiger partial charge >= 0.3 is 0 Å². The molecular weight excluding hydrogens is 374 g/mol. The quantitative estimate of drug-likeness (QED) is 0.681. The normalized spacial score (nSPS) is 20.8. The molecule has 1 N–H and O–H groups in total. The Balaban J connectivity index is 1.54. The molecule has 5 rings (SSSR count). The zero-order valence-corrected chi connectivity index (χ0v) is 18.4. The summed E-state index contributed by atoms with van der Waals surface area (Å²) in [5.41, 5.74) is 8.35. The van der Waals surface area contributed by atoms with Crippen LogP contribution in [0.25, 0.3) is 22.2 Å². The van der Waals surface area contributed by atoms with Crippen molar-refractivity contribution < 1.29 is 9.47 Å². The number of aromatic amines is 1. The minimum absolute atomic E-state index is 0.118. The number of fused-ring (bicyclic) bond motifs is 1. The number of morpholine rings is 1. The summed E-state index contributed by atoms with van der Waals surface area (Å²) in [6.45, 7) is 13.1. The Morgan fingerprint density at radius 2 is 1.87 bits per heavy atom. The second-order valence-corrected chi connectivity index (χ2v) is 9.06. The number of aromatic nitrogens is 2. The average Bonchev–Trinajstić information content (AvgIpc) is 3.05. The van der Waals surface area contributed by atoms with Crippen molar-refractivity contribution in [2.45, 2.75) is 45.8 Å². The van der Waals surface area contributed by atoms with Crippen LogP contribution in [0.5, 0.6) is 0 Å². The van der Waals surface area contributed by atoms with Gasteiger partial charge in [-0.15, -0.1) is 0 Å². The molecule has 2 aliphatic heterocycles. The van der Waals surface area contributed by atoms with Gasteiger partial charge in [0.1, 0.15) is 0 Å². The first-order valence-corrected chi connectivity index (χ1v) is 11.0. The zero-order valence-electron chi connectivity index (χ0n) is 18.4. The molecule has 0 bridgehead atoms. The average molecular weight is 406 g/mol. The van der Waals surface area contributed by atoms with Crippen LogP contribution in [0.2, 0.25) is 0 Å². The fourth-order valence-corrected chi connectivity index (χ4v) is 4.87. The van der Waals surface area contributed by atoms with Gasteiger partial charge in [0, 0.05) is 40.9 Å². The summed E-state index contributed by atoms with van der Waals surface area (Å²) in [5.74, 6) is 0.411. The topological polar surface area (TPSA) is 50.4 Å². The molecule has 5 heteroatoms. The number of ether oxygens (including phenoxy) is 2. The molecule has 2 saturated heterocycles. The lowest BCUT2D eigenvalue weighted by Crippen LogP contribution is -2.53. The number of pyridine rings is 1. The molecule has 1 aromatic carbocycles. The molecule has 2 aromatic heterocycles. The van der Waals surface area contributed by atoms with Gasteiger partial charge in [0.2, 0.25) is 0 Å². The molecule has 5 nitrogen and oxygen atoms in total. The third kappa shape index (κ3) is 3.55. The molecule has 1 unspecified atom stereocenters. The SMILES string of the molecule is Cc1cc(-c2[nH]c3ccc(C4CN(C5COC5)CCO4)cc3c2C(C)C)cc(C)n1. The van der Waals surface area contributed by atoms with Gasteiger partial charge in [0.25, 0.3) is 0 Å². The summed E-state index contributed by atoms with van der Waals surface area (Å²) in [5, 5.41) is 1.30. The Kier molecular flexibility index (Phi) is 5.13. The lowest BCUT2D eigenvalue weighted by molar-refractivity contribution is -0.115. The Bertz CT molecular complexity index is 1050. The van der Waals surface area contributed by atoms with Gasteiger partial charge in [-0.2, -0.15) is 0 Å². The fraction of sp³-hybridized carbons (Fsp3) is 0.480. The van der Waals surface area contributed by atoms with Crippen LogP contribution >= 0.6 is 0 Å². The van der Waals surface area contributed by atoms with Crippen molar-refractivity contribution in [2.24, 2.45) is 0 Å². The highest BCUT2D eigenvalue weighted by Crippen LogP contribution is 2.38. The molecular formula is C25H31N3O2. The van der Waals surface area contributed by atoms with Gasteiger partial charge in [-0.25, -0.2) is 0 Å². The summed E-state index contributed by atoms with van der Waals surface area (Å²) in [6.07, 6.45) is 0.118. The Labute approximate surface area is 178 Å². The van der Waals surface area contributed by atoms with Gasteiger partial charge < -0.3 is 14.5 Å². The molecule has 30 heavy (non-hydrogen) atoms. The highest BCUT2D eigenvalue weighted by molar-refractivity contribution is 5.92. The lowest BCUT2D eigenvalue weighted by atomic mass is 9.94. The number of nitrogens with one attached hydrogen (secondary N) is 1. The number of hydrogen-bond acceptors (Lipinski definition) is 4.